The van der Waals surface area contributed by atoms with E-state index in [0.29, 0.717) is 12.0 Å². The Bertz CT molecular complexity index is 1140. The van der Waals surface area contributed by atoms with Crippen molar-refractivity contribution in [2.75, 3.05) is 0 Å². The van der Waals surface area contributed by atoms with Gasteiger partial charge in [0.1, 0.15) is 5.75 Å². The van der Waals surface area contributed by atoms with E-state index in [0.717, 1.165) is 27.9 Å². The Balaban J connectivity index is 1.79. The van der Waals surface area contributed by atoms with Gasteiger partial charge in [-0.15, -0.1) is 0 Å². The number of nitrogens with zero attached hydrogens (tertiary/aromatic N) is 1. The molecule has 0 aliphatic heterocycles. The molecule has 0 unspecified atom stereocenters. The SMILES string of the molecule is O=S(=O)(Oc1cccc(-c2ccnc3c2-c2ccccc2C3)c1)C(F)(F)F. The van der Waals surface area contributed by atoms with Crippen molar-refractivity contribution in [1.82, 2.24) is 4.98 Å². The van der Waals surface area contributed by atoms with Gasteiger partial charge in [-0.1, -0.05) is 36.4 Å². The maximum atomic E-state index is 12.6. The average molecular weight is 391 g/mol. The number of alkyl halides is 3. The van der Waals surface area contributed by atoms with Gasteiger partial charge in [-0.05, 0) is 40.5 Å². The lowest BCUT2D eigenvalue weighted by Crippen LogP contribution is -2.28. The summed E-state index contributed by atoms with van der Waals surface area (Å²) in [6.07, 6.45) is 2.29. The Morgan fingerprint density at radius 3 is 2.52 bits per heavy atom. The predicted molar refractivity (Wildman–Crippen MR) is 93.5 cm³/mol. The highest BCUT2D eigenvalue weighted by Crippen LogP contribution is 2.42. The third kappa shape index (κ3) is 3.06. The zero-order chi connectivity index (χ0) is 19.2. The van der Waals surface area contributed by atoms with Gasteiger partial charge in [0.05, 0.1) is 5.69 Å². The summed E-state index contributed by atoms with van der Waals surface area (Å²) in [5, 5.41) is 0. The highest BCUT2D eigenvalue weighted by molar-refractivity contribution is 7.88. The van der Waals surface area contributed by atoms with E-state index in [1.807, 2.05) is 24.3 Å². The second-order valence-corrected chi connectivity index (χ2v) is 7.56. The molecule has 0 atom stereocenters. The first kappa shape index (κ1) is 17.5. The fourth-order valence-electron chi connectivity index (χ4n) is 3.17. The maximum absolute atomic E-state index is 12.6. The van der Waals surface area contributed by atoms with Crippen molar-refractivity contribution in [2.24, 2.45) is 0 Å². The second-order valence-electron chi connectivity index (χ2n) is 6.03. The molecule has 27 heavy (non-hydrogen) atoms. The number of fused-ring (bicyclic) bond motifs is 3. The molecule has 0 radical (unpaired) electrons. The van der Waals surface area contributed by atoms with Gasteiger partial charge in [0, 0.05) is 18.2 Å². The highest BCUT2D eigenvalue weighted by Gasteiger charge is 2.48. The van der Waals surface area contributed by atoms with Crippen LogP contribution in [0.5, 0.6) is 5.75 Å². The van der Waals surface area contributed by atoms with Crippen LogP contribution in [0.2, 0.25) is 0 Å². The molecular formula is C19H12F3NO3S. The monoisotopic (exact) mass is 391 g/mol. The zero-order valence-electron chi connectivity index (χ0n) is 13.7. The summed E-state index contributed by atoms with van der Waals surface area (Å²) in [4.78, 5) is 4.40. The third-order valence-electron chi connectivity index (χ3n) is 4.31. The minimum atomic E-state index is -5.72. The van der Waals surface area contributed by atoms with Gasteiger partial charge >= 0.3 is 15.6 Å². The van der Waals surface area contributed by atoms with Crippen LogP contribution >= 0.6 is 0 Å². The van der Waals surface area contributed by atoms with E-state index in [-0.39, 0.29) is 0 Å². The van der Waals surface area contributed by atoms with Gasteiger partial charge in [-0.25, -0.2) is 0 Å². The minimum absolute atomic E-state index is 0.401. The van der Waals surface area contributed by atoms with Crippen LogP contribution in [0.15, 0.2) is 60.8 Å². The maximum Gasteiger partial charge on any atom is 0.534 e. The molecule has 1 aliphatic rings. The van der Waals surface area contributed by atoms with Crippen molar-refractivity contribution in [1.29, 1.82) is 0 Å². The summed E-state index contributed by atoms with van der Waals surface area (Å²) in [6.45, 7) is 0. The van der Waals surface area contributed by atoms with E-state index in [1.165, 1.54) is 18.2 Å². The van der Waals surface area contributed by atoms with Crippen molar-refractivity contribution in [2.45, 2.75) is 11.9 Å². The first-order chi connectivity index (χ1) is 12.8. The van der Waals surface area contributed by atoms with Crippen molar-refractivity contribution >= 4 is 10.1 Å². The van der Waals surface area contributed by atoms with Gasteiger partial charge in [0.2, 0.25) is 0 Å². The van der Waals surface area contributed by atoms with Crippen LogP contribution in [-0.2, 0) is 16.5 Å². The molecule has 138 valence electrons. The molecule has 0 N–H and O–H groups in total. The number of benzene rings is 2. The number of hydrogen-bond donors (Lipinski definition) is 0. The standard InChI is InChI=1S/C19H12F3NO3S/c20-19(21,22)27(24,25)26-14-6-3-5-12(10-14)16-8-9-23-17-11-13-4-1-2-7-15(13)18(16)17/h1-10H,11H2. The average Bonchev–Trinajstić information content (AvgIpc) is 2.99. The number of hydrogen-bond acceptors (Lipinski definition) is 4. The molecular weight excluding hydrogens is 379 g/mol. The van der Waals surface area contributed by atoms with Gasteiger partial charge in [-0.2, -0.15) is 21.6 Å². The van der Waals surface area contributed by atoms with Crippen LogP contribution < -0.4 is 4.18 Å². The first-order valence-electron chi connectivity index (χ1n) is 7.93. The van der Waals surface area contributed by atoms with Crippen LogP contribution in [0.25, 0.3) is 22.3 Å². The molecule has 4 nitrogen and oxygen atoms in total. The second kappa shape index (κ2) is 6.09. The lowest BCUT2D eigenvalue weighted by molar-refractivity contribution is -0.0500. The Morgan fingerprint density at radius 2 is 1.74 bits per heavy atom. The molecule has 0 fully saturated rings. The summed E-state index contributed by atoms with van der Waals surface area (Å²) < 4.78 is 64.5. The molecule has 1 heterocycles. The predicted octanol–water partition coefficient (Wildman–Crippen LogP) is 4.55. The zero-order valence-corrected chi connectivity index (χ0v) is 14.5. The van der Waals surface area contributed by atoms with E-state index in [9.17, 15) is 21.6 Å². The van der Waals surface area contributed by atoms with Crippen molar-refractivity contribution in [3.8, 4) is 28.0 Å². The Morgan fingerprint density at radius 1 is 0.963 bits per heavy atom. The third-order valence-corrected chi connectivity index (χ3v) is 5.29. The van der Waals surface area contributed by atoms with Gasteiger partial charge < -0.3 is 4.18 Å². The van der Waals surface area contributed by atoms with Gasteiger partial charge in [0.25, 0.3) is 0 Å². The smallest absolute Gasteiger partial charge is 0.376 e. The van der Waals surface area contributed by atoms with E-state index in [1.54, 1.807) is 18.3 Å². The van der Waals surface area contributed by atoms with Crippen LogP contribution in [0, 0.1) is 0 Å². The molecule has 2 aromatic carbocycles. The lowest BCUT2D eigenvalue weighted by atomic mass is 9.96. The molecule has 0 bridgehead atoms. The molecule has 3 aromatic rings. The summed E-state index contributed by atoms with van der Waals surface area (Å²) in [7, 11) is -5.72. The summed E-state index contributed by atoms with van der Waals surface area (Å²) >= 11 is 0. The van der Waals surface area contributed by atoms with Gasteiger partial charge in [-0.3, -0.25) is 4.98 Å². The number of pyridine rings is 1. The fraction of sp³-hybridized carbons (Fsp3) is 0.105. The normalized spacial score (nSPS) is 13.1. The van der Waals surface area contributed by atoms with Gasteiger partial charge in [0.15, 0.2) is 0 Å². The Kier molecular flexibility index (Phi) is 3.96. The molecule has 0 saturated carbocycles. The molecule has 4 rings (SSSR count). The van der Waals surface area contributed by atoms with E-state index >= 15 is 0 Å². The number of rotatable bonds is 3. The highest BCUT2D eigenvalue weighted by atomic mass is 32.2. The van der Waals surface area contributed by atoms with Crippen molar-refractivity contribution < 1.29 is 25.8 Å². The summed E-state index contributed by atoms with van der Waals surface area (Å²) in [6, 6.07) is 15.1. The molecule has 0 amide bonds. The molecule has 0 spiro atoms. The van der Waals surface area contributed by atoms with Crippen LogP contribution in [0.4, 0.5) is 13.2 Å². The lowest BCUT2D eigenvalue weighted by Gasteiger charge is -2.12. The van der Waals surface area contributed by atoms with E-state index < -0.39 is 21.4 Å². The Labute approximate surface area is 153 Å². The summed E-state index contributed by atoms with van der Waals surface area (Å²) in [5.74, 6) is -0.401. The number of halogens is 3. The fourth-order valence-corrected chi connectivity index (χ4v) is 3.62. The topological polar surface area (TPSA) is 56.3 Å². The number of aromatic nitrogens is 1. The van der Waals surface area contributed by atoms with E-state index in [4.69, 9.17) is 0 Å². The first-order valence-corrected chi connectivity index (χ1v) is 9.34. The van der Waals surface area contributed by atoms with Crippen LogP contribution in [0.3, 0.4) is 0 Å². The Hall–Kier alpha value is -2.87. The van der Waals surface area contributed by atoms with Crippen molar-refractivity contribution in [3.63, 3.8) is 0 Å². The minimum Gasteiger partial charge on any atom is -0.376 e. The molecule has 8 heteroatoms. The molecule has 1 aromatic heterocycles. The quantitative estimate of drug-likeness (QED) is 0.380. The summed E-state index contributed by atoms with van der Waals surface area (Å²) in [5.41, 5.74) is -0.323. The van der Waals surface area contributed by atoms with Crippen LogP contribution in [-0.4, -0.2) is 18.9 Å². The molecule has 1 aliphatic carbocycles. The van der Waals surface area contributed by atoms with E-state index in [2.05, 4.69) is 9.17 Å². The van der Waals surface area contributed by atoms with Crippen LogP contribution in [0.1, 0.15) is 11.3 Å². The van der Waals surface area contributed by atoms with Crippen molar-refractivity contribution in [3.05, 3.63) is 72.1 Å². The molecule has 0 saturated heterocycles. The largest absolute Gasteiger partial charge is 0.534 e.